The van der Waals surface area contributed by atoms with E-state index < -0.39 is 0 Å². The number of methoxy groups -OCH3 is 1. The van der Waals surface area contributed by atoms with Gasteiger partial charge in [0, 0.05) is 17.7 Å². The number of carbonyl (C=O) groups is 1. The van der Waals surface area contributed by atoms with E-state index in [2.05, 4.69) is 26.3 Å². The van der Waals surface area contributed by atoms with Crippen molar-refractivity contribution >= 4 is 27.4 Å². The average Bonchev–Trinajstić information content (AvgIpc) is 2.70. The van der Waals surface area contributed by atoms with Gasteiger partial charge in [-0.3, -0.25) is 4.79 Å². The van der Waals surface area contributed by atoms with Crippen molar-refractivity contribution in [2.45, 2.75) is 0 Å². The summed E-state index contributed by atoms with van der Waals surface area (Å²) in [6.07, 6.45) is 3.29. The highest BCUT2D eigenvalue weighted by atomic mass is 79.9. The number of nitrogens with one attached hydrogen (secondary N) is 1. The molecule has 1 N–H and O–H groups in total. The smallest absolute Gasteiger partial charge is 0.255 e. The Morgan fingerprint density at radius 2 is 2.38 bits per heavy atom. The monoisotopic (exact) mass is 283 g/mol. The zero-order valence-corrected chi connectivity index (χ0v) is 10.4. The zero-order valence-electron chi connectivity index (χ0n) is 8.82. The minimum absolute atomic E-state index is 0.185. The Morgan fingerprint density at radius 3 is 3.00 bits per heavy atom. The van der Waals surface area contributed by atoms with Crippen molar-refractivity contribution in [3.05, 3.63) is 28.5 Å². The summed E-state index contributed by atoms with van der Waals surface area (Å²) in [5.41, 5.74) is 1.15. The molecular formula is C10H10BrN3O2. The number of hydrogen-bond donors (Lipinski definition) is 1. The lowest BCUT2D eigenvalue weighted by Crippen LogP contribution is -2.17. The van der Waals surface area contributed by atoms with Crippen molar-refractivity contribution in [3.63, 3.8) is 0 Å². The molecule has 2 aromatic rings. The first-order chi connectivity index (χ1) is 7.67. The normalized spacial score (nSPS) is 10.4. The molecule has 0 unspecified atom stereocenters. The van der Waals surface area contributed by atoms with Crippen molar-refractivity contribution < 1.29 is 9.53 Å². The van der Waals surface area contributed by atoms with Gasteiger partial charge in [-0.15, -0.1) is 0 Å². The van der Waals surface area contributed by atoms with Gasteiger partial charge in [0.05, 0.1) is 18.9 Å². The summed E-state index contributed by atoms with van der Waals surface area (Å²) in [5.74, 6) is 0.418. The molecule has 0 aromatic carbocycles. The van der Waals surface area contributed by atoms with E-state index in [0.717, 1.165) is 4.47 Å². The number of hydrogen-bond acceptors (Lipinski definition) is 3. The van der Waals surface area contributed by atoms with Crippen molar-refractivity contribution in [2.75, 3.05) is 14.2 Å². The number of aromatic nitrogens is 2. The van der Waals surface area contributed by atoms with Crippen LogP contribution in [0.2, 0.25) is 0 Å². The van der Waals surface area contributed by atoms with E-state index in [1.807, 2.05) is 0 Å². The van der Waals surface area contributed by atoms with Crippen molar-refractivity contribution in [1.82, 2.24) is 14.9 Å². The molecule has 0 aliphatic rings. The molecular weight excluding hydrogens is 274 g/mol. The third-order valence-electron chi connectivity index (χ3n) is 2.24. The first kappa shape index (κ1) is 10.9. The van der Waals surface area contributed by atoms with Gasteiger partial charge in [-0.05, 0) is 22.0 Å². The molecule has 0 radical (unpaired) electrons. The Labute approximate surface area is 101 Å². The maximum absolute atomic E-state index is 11.6. The summed E-state index contributed by atoms with van der Waals surface area (Å²) in [7, 11) is 3.14. The highest BCUT2D eigenvalue weighted by molar-refractivity contribution is 9.10. The highest BCUT2D eigenvalue weighted by Crippen LogP contribution is 2.26. The molecule has 6 heteroatoms. The van der Waals surface area contributed by atoms with Crippen LogP contribution in [-0.2, 0) is 0 Å². The predicted octanol–water partition coefficient (Wildman–Crippen LogP) is 1.46. The third-order valence-corrected chi connectivity index (χ3v) is 2.67. The second kappa shape index (κ2) is 4.13. The molecule has 0 spiro atoms. The van der Waals surface area contributed by atoms with Crippen molar-refractivity contribution in [1.29, 1.82) is 0 Å². The van der Waals surface area contributed by atoms with Crippen molar-refractivity contribution in [2.24, 2.45) is 0 Å². The quantitative estimate of drug-likeness (QED) is 0.908. The number of amides is 1. The average molecular weight is 284 g/mol. The van der Waals surface area contributed by atoms with E-state index in [-0.39, 0.29) is 5.91 Å². The Balaban J connectivity index is 2.74. The van der Waals surface area contributed by atoms with E-state index >= 15 is 0 Å². The summed E-state index contributed by atoms with van der Waals surface area (Å²) >= 11 is 3.35. The Morgan fingerprint density at radius 1 is 1.62 bits per heavy atom. The van der Waals surface area contributed by atoms with Gasteiger partial charge < -0.3 is 10.1 Å². The molecule has 0 bridgehead atoms. The first-order valence-electron chi connectivity index (χ1n) is 4.60. The summed E-state index contributed by atoms with van der Waals surface area (Å²) in [4.78, 5) is 11.6. The van der Waals surface area contributed by atoms with Gasteiger partial charge in [0.25, 0.3) is 5.91 Å². The minimum Gasteiger partial charge on any atom is -0.494 e. The van der Waals surface area contributed by atoms with Gasteiger partial charge in [0.15, 0.2) is 0 Å². The zero-order chi connectivity index (χ0) is 11.7. The molecule has 0 fully saturated rings. The molecule has 2 rings (SSSR count). The largest absolute Gasteiger partial charge is 0.494 e. The molecule has 0 saturated heterocycles. The highest BCUT2D eigenvalue weighted by Gasteiger charge is 2.15. The van der Waals surface area contributed by atoms with Gasteiger partial charge in [0.2, 0.25) is 0 Å². The van der Waals surface area contributed by atoms with Crippen LogP contribution in [0.25, 0.3) is 5.52 Å². The first-order valence-corrected chi connectivity index (χ1v) is 5.39. The topological polar surface area (TPSA) is 55.6 Å². The molecule has 0 aliphatic heterocycles. The van der Waals surface area contributed by atoms with E-state index in [0.29, 0.717) is 16.8 Å². The van der Waals surface area contributed by atoms with Crippen LogP contribution >= 0.6 is 15.9 Å². The number of pyridine rings is 1. The van der Waals surface area contributed by atoms with Gasteiger partial charge in [-0.25, -0.2) is 4.52 Å². The standard InChI is InChI=1S/C10H10BrN3O2/c1-12-10(15)7-4-13-14-5-6(11)3-8(16-2)9(7)14/h3-5H,1-2H3,(H,12,15). The van der Waals surface area contributed by atoms with Gasteiger partial charge >= 0.3 is 0 Å². The summed E-state index contributed by atoms with van der Waals surface area (Å²) in [6, 6.07) is 1.80. The second-order valence-corrected chi connectivity index (χ2v) is 4.07. The lowest BCUT2D eigenvalue weighted by atomic mass is 10.2. The fourth-order valence-electron chi connectivity index (χ4n) is 1.51. The molecule has 2 heterocycles. The van der Waals surface area contributed by atoms with Crippen LogP contribution in [0.4, 0.5) is 0 Å². The lowest BCUT2D eigenvalue weighted by molar-refractivity contribution is 0.0964. The molecule has 0 atom stereocenters. The Kier molecular flexibility index (Phi) is 2.82. The number of carbonyl (C=O) groups excluding carboxylic acids is 1. The van der Waals surface area contributed by atoms with Gasteiger partial charge in [0.1, 0.15) is 11.3 Å². The van der Waals surface area contributed by atoms with E-state index in [1.165, 1.54) is 6.20 Å². The van der Waals surface area contributed by atoms with Crippen LogP contribution in [0.15, 0.2) is 22.9 Å². The molecule has 0 aliphatic carbocycles. The van der Waals surface area contributed by atoms with Crippen LogP contribution in [0.3, 0.4) is 0 Å². The predicted molar refractivity (Wildman–Crippen MR) is 62.8 cm³/mol. The maximum atomic E-state index is 11.6. The third kappa shape index (κ3) is 1.65. The fraction of sp³-hybridized carbons (Fsp3) is 0.200. The molecule has 2 aromatic heterocycles. The van der Waals surface area contributed by atoms with E-state index in [4.69, 9.17) is 4.74 Å². The fourth-order valence-corrected chi connectivity index (χ4v) is 1.91. The van der Waals surface area contributed by atoms with Gasteiger partial charge in [-0.2, -0.15) is 5.10 Å². The Hall–Kier alpha value is -1.56. The van der Waals surface area contributed by atoms with Crippen LogP contribution in [0.1, 0.15) is 10.4 Å². The minimum atomic E-state index is -0.185. The van der Waals surface area contributed by atoms with Crippen LogP contribution < -0.4 is 10.1 Å². The van der Waals surface area contributed by atoms with E-state index in [1.54, 1.807) is 30.9 Å². The van der Waals surface area contributed by atoms with Crippen LogP contribution in [-0.4, -0.2) is 29.7 Å². The molecule has 16 heavy (non-hydrogen) atoms. The molecule has 5 nitrogen and oxygen atoms in total. The number of fused-ring (bicyclic) bond motifs is 1. The second-order valence-electron chi connectivity index (χ2n) is 3.16. The maximum Gasteiger partial charge on any atom is 0.255 e. The van der Waals surface area contributed by atoms with Crippen LogP contribution in [0, 0.1) is 0 Å². The summed E-state index contributed by atoms with van der Waals surface area (Å²) in [5, 5.41) is 6.67. The van der Waals surface area contributed by atoms with Gasteiger partial charge in [-0.1, -0.05) is 0 Å². The van der Waals surface area contributed by atoms with E-state index in [9.17, 15) is 4.79 Å². The number of halogens is 1. The number of rotatable bonds is 2. The van der Waals surface area contributed by atoms with Crippen molar-refractivity contribution in [3.8, 4) is 5.75 Å². The molecule has 0 saturated carbocycles. The SMILES string of the molecule is CNC(=O)c1cnn2cc(Br)cc(OC)c12. The lowest BCUT2D eigenvalue weighted by Gasteiger charge is -2.05. The summed E-state index contributed by atoms with van der Waals surface area (Å²) in [6.45, 7) is 0. The Bertz CT molecular complexity index is 550. The molecule has 1 amide bonds. The molecule has 84 valence electrons. The summed E-state index contributed by atoms with van der Waals surface area (Å²) < 4.78 is 7.67. The number of nitrogens with zero attached hydrogens (tertiary/aromatic N) is 2. The van der Waals surface area contributed by atoms with Crippen LogP contribution in [0.5, 0.6) is 5.75 Å². The number of ether oxygens (including phenoxy) is 1.